The second-order valence-corrected chi connectivity index (χ2v) is 7.31. The molecule has 0 radical (unpaired) electrons. The van der Waals surface area contributed by atoms with E-state index in [1.807, 2.05) is 11.8 Å². The van der Waals surface area contributed by atoms with Crippen molar-refractivity contribution in [1.29, 1.82) is 0 Å². The molecular formula is C14H29N3S. The minimum Gasteiger partial charge on any atom is -0.329 e. The predicted molar refractivity (Wildman–Crippen MR) is 81.2 cm³/mol. The molecule has 3 nitrogen and oxygen atoms in total. The molecule has 2 saturated heterocycles. The first-order chi connectivity index (χ1) is 8.61. The van der Waals surface area contributed by atoms with Crippen molar-refractivity contribution in [1.82, 2.24) is 9.80 Å². The van der Waals surface area contributed by atoms with Crippen molar-refractivity contribution in [3.63, 3.8) is 0 Å². The number of nitrogens with two attached hydrogens (primary N) is 1. The second kappa shape index (κ2) is 6.12. The van der Waals surface area contributed by atoms with Crippen LogP contribution in [0.25, 0.3) is 0 Å². The van der Waals surface area contributed by atoms with Gasteiger partial charge in [-0.1, -0.05) is 0 Å². The number of rotatable bonds is 3. The quantitative estimate of drug-likeness (QED) is 0.845. The molecule has 0 saturated carbocycles. The highest BCUT2D eigenvalue weighted by Crippen LogP contribution is 2.33. The highest BCUT2D eigenvalue weighted by molar-refractivity contribution is 7.99. The van der Waals surface area contributed by atoms with Crippen molar-refractivity contribution in [2.75, 3.05) is 39.5 Å². The van der Waals surface area contributed by atoms with Crippen molar-refractivity contribution in [3.05, 3.63) is 0 Å². The molecule has 0 bridgehead atoms. The maximum atomic E-state index is 6.17. The normalized spacial score (nSPS) is 40.0. The number of likely N-dealkylation sites (N-methyl/N-ethyl adjacent to an activating group) is 1. The van der Waals surface area contributed by atoms with Gasteiger partial charge in [-0.25, -0.2) is 0 Å². The third-order valence-electron chi connectivity index (χ3n) is 5.03. The van der Waals surface area contributed by atoms with Crippen LogP contribution in [-0.2, 0) is 0 Å². The first-order valence-electron chi connectivity index (χ1n) is 7.29. The first kappa shape index (κ1) is 14.6. The van der Waals surface area contributed by atoms with Gasteiger partial charge in [0.1, 0.15) is 0 Å². The van der Waals surface area contributed by atoms with Crippen LogP contribution in [0.4, 0.5) is 0 Å². The summed E-state index contributed by atoms with van der Waals surface area (Å²) < 4.78 is 0. The molecule has 2 N–H and O–H groups in total. The summed E-state index contributed by atoms with van der Waals surface area (Å²) in [4.78, 5) is 5.19. The summed E-state index contributed by atoms with van der Waals surface area (Å²) in [6.07, 6.45) is 7.55. The molecule has 0 aromatic carbocycles. The summed E-state index contributed by atoms with van der Waals surface area (Å²) in [7, 11) is 2.24. The van der Waals surface area contributed by atoms with Gasteiger partial charge in [0.25, 0.3) is 0 Å². The molecule has 0 aliphatic carbocycles. The van der Waals surface area contributed by atoms with E-state index in [4.69, 9.17) is 5.73 Å². The molecule has 0 spiro atoms. The summed E-state index contributed by atoms with van der Waals surface area (Å²) in [6, 6.07) is 0.674. The predicted octanol–water partition coefficient (Wildman–Crippen LogP) is 1.63. The third-order valence-corrected chi connectivity index (χ3v) is 6.17. The number of hydrogen-bond acceptors (Lipinski definition) is 4. The zero-order valence-corrected chi connectivity index (χ0v) is 13.0. The smallest absolute Gasteiger partial charge is 0.0473 e. The van der Waals surface area contributed by atoms with E-state index in [-0.39, 0.29) is 5.54 Å². The Morgan fingerprint density at radius 3 is 2.67 bits per heavy atom. The van der Waals surface area contributed by atoms with E-state index in [0.717, 1.165) is 18.3 Å². The van der Waals surface area contributed by atoms with Gasteiger partial charge >= 0.3 is 0 Å². The lowest BCUT2D eigenvalue weighted by molar-refractivity contribution is 0.106. The molecule has 2 rings (SSSR count). The average Bonchev–Trinajstić information content (AvgIpc) is 2.58. The van der Waals surface area contributed by atoms with Gasteiger partial charge in [0.15, 0.2) is 0 Å². The van der Waals surface area contributed by atoms with Gasteiger partial charge in [0, 0.05) is 29.9 Å². The fraction of sp³-hybridized carbons (Fsp3) is 1.00. The Kier molecular flexibility index (Phi) is 4.98. The van der Waals surface area contributed by atoms with Crippen molar-refractivity contribution in [2.24, 2.45) is 5.73 Å². The molecule has 106 valence electrons. The Morgan fingerprint density at radius 1 is 1.33 bits per heavy atom. The van der Waals surface area contributed by atoms with Gasteiger partial charge in [0.05, 0.1) is 0 Å². The standard InChI is InChI=1S/C14H29N3S/c1-12-9-14(10-15,11-16(12)2)17-7-4-5-13(18-3)6-8-17/h12-13H,4-11,15H2,1-3H3. The third kappa shape index (κ3) is 2.87. The Labute approximate surface area is 116 Å². The molecule has 2 fully saturated rings. The van der Waals surface area contributed by atoms with E-state index in [9.17, 15) is 0 Å². The Balaban J connectivity index is 2.04. The summed E-state index contributed by atoms with van der Waals surface area (Å²) >= 11 is 2.04. The van der Waals surface area contributed by atoms with Gasteiger partial charge in [-0.2, -0.15) is 11.8 Å². The molecule has 0 amide bonds. The molecular weight excluding hydrogens is 242 g/mol. The maximum Gasteiger partial charge on any atom is 0.0473 e. The summed E-state index contributed by atoms with van der Waals surface area (Å²) in [6.45, 7) is 6.78. The molecule has 4 heteroatoms. The van der Waals surface area contributed by atoms with Gasteiger partial charge in [0.2, 0.25) is 0 Å². The van der Waals surface area contributed by atoms with Crippen molar-refractivity contribution in [2.45, 2.75) is 49.4 Å². The molecule has 2 aliphatic heterocycles. The zero-order chi connectivity index (χ0) is 13.2. The van der Waals surface area contributed by atoms with E-state index < -0.39 is 0 Å². The van der Waals surface area contributed by atoms with Crippen LogP contribution in [0.3, 0.4) is 0 Å². The number of hydrogen-bond donors (Lipinski definition) is 1. The average molecular weight is 271 g/mol. The van der Waals surface area contributed by atoms with E-state index in [2.05, 4.69) is 30.0 Å². The van der Waals surface area contributed by atoms with E-state index in [0.29, 0.717) is 6.04 Å². The fourth-order valence-electron chi connectivity index (χ4n) is 3.67. The lowest BCUT2D eigenvalue weighted by atomic mass is 9.93. The van der Waals surface area contributed by atoms with Crippen LogP contribution in [0.1, 0.15) is 32.6 Å². The lowest BCUT2D eigenvalue weighted by Crippen LogP contribution is -2.55. The van der Waals surface area contributed by atoms with Crippen LogP contribution in [0.15, 0.2) is 0 Å². The molecule has 2 heterocycles. The van der Waals surface area contributed by atoms with Crippen LogP contribution in [0.5, 0.6) is 0 Å². The SMILES string of the molecule is CSC1CCCN(C2(CN)CC(C)N(C)C2)CC1. The topological polar surface area (TPSA) is 32.5 Å². The minimum absolute atomic E-state index is 0.251. The van der Waals surface area contributed by atoms with Crippen LogP contribution >= 0.6 is 11.8 Å². The monoisotopic (exact) mass is 271 g/mol. The fourth-order valence-corrected chi connectivity index (χ4v) is 4.42. The van der Waals surface area contributed by atoms with E-state index >= 15 is 0 Å². The van der Waals surface area contributed by atoms with Crippen LogP contribution in [0, 0.1) is 0 Å². The van der Waals surface area contributed by atoms with Crippen molar-refractivity contribution in [3.8, 4) is 0 Å². The highest BCUT2D eigenvalue weighted by Gasteiger charge is 2.44. The second-order valence-electron chi connectivity index (χ2n) is 6.17. The summed E-state index contributed by atoms with van der Waals surface area (Å²) in [5.41, 5.74) is 6.42. The van der Waals surface area contributed by atoms with Gasteiger partial charge in [-0.05, 0) is 59.0 Å². The minimum atomic E-state index is 0.251. The largest absolute Gasteiger partial charge is 0.329 e. The molecule has 0 aromatic rings. The first-order valence-corrected chi connectivity index (χ1v) is 8.58. The van der Waals surface area contributed by atoms with Gasteiger partial charge < -0.3 is 10.6 Å². The van der Waals surface area contributed by atoms with E-state index in [1.54, 1.807) is 0 Å². The zero-order valence-electron chi connectivity index (χ0n) is 12.2. The number of thioether (sulfide) groups is 1. The number of nitrogens with zero attached hydrogens (tertiary/aromatic N) is 2. The molecule has 18 heavy (non-hydrogen) atoms. The Morgan fingerprint density at radius 2 is 2.11 bits per heavy atom. The summed E-state index contributed by atoms with van der Waals surface area (Å²) in [5, 5.41) is 0.862. The van der Waals surface area contributed by atoms with Crippen LogP contribution < -0.4 is 5.73 Å². The highest BCUT2D eigenvalue weighted by atomic mass is 32.2. The Bertz CT molecular complexity index is 262. The van der Waals surface area contributed by atoms with Gasteiger partial charge in [-0.3, -0.25) is 4.90 Å². The van der Waals surface area contributed by atoms with Crippen LogP contribution in [-0.4, -0.2) is 66.1 Å². The molecule has 0 aromatic heterocycles. The Hall–Kier alpha value is 0.230. The van der Waals surface area contributed by atoms with Crippen molar-refractivity contribution >= 4 is 11.8 Å². The lowest BCUT2D eigenvalue weighted by Gasteiger charge is -2.40. The van der Waals surface area contributed by atoms with Crippen molar-refractivity contribution < 1.29 is 0 Å². The van der Waals surface area contributed by atoms with Gasteiger partial charge in [-0.15, -0.1) is 0 Å². The molecule has 2 aliphatic rings. The maximum absolute atomic E-state index is 6.17. The summed E-state index contributed by atoms with van der Waals surface area (Å²) in [5.74, 6) is 0. The molecule has 3 atom stereocenters. The van der Waals surface area contributed by atoms with E-state index in [1.165, 1.54) is 38.8 Å². The van der Waals surface area contributed by atoms with Crippen LogP contribution in [0.2, 0.25) is 0 Å². The number of likely N-dealkylation sites (tertiary alicyclic amines) is 2. The molecule has 3 unspecified atom stereocenters.